The van der Waals surface area contributed by atoms with Crippen molar-refractivity contribution in [3.05, 3.63) is 89.5 Å². The first-order valence-electron chi connectivity index (χ1n) is 8.32. The molecular weight excluding hydrogens is 371 g/mol. The molecule has 1 aromatic heterocycles. The molecular formula is C20H16F3N3O2. The molecule has 0 radical (unpaired) electrons. The highest BCUT2D eigenvalue weighted by atomic mass is 19.2. The normalized spacial score (nSPS) is 10.4. The van der Waals surface area contributed by atoms with Crippen molar-refractivity contribution in [3.8, 4) is 5.75 Å². The molecule has 3 rings (SSSR count). The van der Waals surface area contributed by atoms with E-state index in [0.717, 1.165) is 23.3 Å². The quantitative estimate of drug-likeness (QED) is 0.617. The minimum Gasteiger partial charge on any atom is -0.489 e. The van der Waals surface area contributed by atoms with Gasteiger partial charge in [-0.3, -0.25) is 4.98 Å². The lowest BCUT2D eigenvalue weighted by atomic mass is 10.2. The maximum Gasteiger partial charge on any atom is 0.319 e. The lowest BCUT2D eigenvalue weighted by Crippen LogP contribution is -2.28. The molecule has 0 aliphatic heterocycles. The Balaban J connectivity index is 1.49. The van der Waals surface area contributed by atoms with Crippen LogP contribution in [-0.2, 0) is 13.2 Å². The molecule has 0 bridgehead atoms. The molecule has 28 heavy (non-hydrogen) atoms. The van der Waals surface area contributed by atoms with Gasteiger partial charge in [-0.2, -0.15) is 0 Å². The van der Waals surface area contributed by atoms with E-state index in [-0.39, 0.29) is 6.54 Å². The van der Waals surface area contributed by atoms with Crippen molar-refractivity contribution < 1.29 is 22.7 Å². The summed E-state index contributed by atoms with van der Waals surface area (Å²) in [4.78, 5) is 15.8. The molecule has 0 saturated heterocycles. The van der Waals surface area contributed by atoms with E-state index < -0.39 is 29.2 Å². The first kappa shape index (κ1) is 19.2. The van der Waals surface area contributed by atoms with E-state index >= 15 is 0 Å². The van der Waals surface area contributed by atoms with E-state index in [1.54, 1.807) is 36.7 Å². The monoisotopic (exact) mass is 387 g/mol. The highest BCUT2D eigenvalue weighted by Gasteiger charge is 2.15. The highest BCUT2D eigenvalue weighted by Crippen LogP contribution is 2.19. The Hall–Kier alpha value is -3.55. The number of carbonyl (C=O) groups is 1. The van der Waals surface area contributed by atoms with E-state index in [9.17, 15) is 18.0 Å². The zero-order valence-electron chi connectivity index (χ0n) is 14.6. The van der Waals surface area contributed by atoms with Gasteiger partial charge in [0.15, 0.2) is 17.5 Å². The number of amides is 2. The van der Waals surface area contributed by atoms with Crippen LogP contribution in [0.1, 0.15) is 11.1 Å². The molecule has 5 nitrogen and oxygen atoms in total. The summed E-state index contributed by atoms with van der Waals surface area (Å²) in [5.41, 5.74) is 1.26. The smallest absolute Gasteiger partial charge is 0.319 e. The molecule has 2 amide bonds. The largest absolute Gasteiger partial charge is 0.489 e. The zero-order valence-corrected chi connectivity index (χ0v) is 14.6. The van der Waals surface area contributed by atoms with Crippen molar-refractivity contribution in [1.82, 2.24) is 10.3 Å². The van der Waals surface area contributed by atoms with Gasteiger partial charge in [0.1, 0.15) is 12.4 Å². The van der Waals surface area contributed by atoms with Crippen LogP contribution in [0.5, 0.6) is 5.75 Å². The fraction of sp³-hybridized carbons (Fsp3) is 0.100. The Morgan fingerprint density at radius 1 is 0.964 bits per heavy atom. The standard InChI is InChI=1S/C20H16F3N3O2/c21-16-7-8-17(19(23)18(16)22)26-20(27)25-11-13-3-5-15(6-4-13)28-12-14-2-1-9-24-10-14/h1-10H,11-12H2,(H2,25,26,27). The molecule has 0 atom stereocenters. The van der Waals surface area contributed by atoms with Crippen LogP contribution in [0.2, 0.25) is 0 Å². The first-order chi connectivity index (χ1) is 13.5. The van der Waals surface area contributed by atoms with Crippen LogP contribution in [0, 0.1) is 17.5 Å². The van der Waals surface area contributed by atoms with Gasteiger partial charge >= 0.3 is 6.03 Å². The maximum atomic E-state index is 13.6. The van der Waals surface area contributed by atoms with Crippen LogP contribution in [0.25, 0.3) is 0 Å². The lowest BCUT2D eigenvalue weighted by molar-refractivity contribution is 0.251. The summed E-state index contributed by atoms with van der Waals surface area (Å²) in [7, 11) is 0. The van der Waals surface area contributed by atoms with E-state index in [1.807, 2.05) is 12.1 Å². The number of nitrogens with one attached hydrogen (secondary N) is 2. The number of ether oxygens (including phenoxy) is 1. The number of urea groups is 1. The Bertz CT molecular complexity index is 951. The molecule has 0 unspecified atom stereocenters. The summed E-state index contributed by atoms with van der Waals surface area (Å²) < 4.78 is 45.2. The summed E-state index contributed by atoms with van der Waals surface area (Å²) in [6, 6.07) is 11.7. The Morgan fingerprint density at radius 2 is 1.75 bits per heavy atom. The number of nitrogens with zero attached hydrogens (tertiary/aromatic N) is 1. The fourth-order valence-corrected chi connectivity index (χ4v) is 2.32. The fourth-order valence-electron chi connectivity index (χ4n) is 2.32. The van der Waals surface area contributed by atoms with Crippen molar-refractivity contribution in [2.45, 2.75) is 13.2 Å². The molecule has 0 spiro atoms. The van der Waals surface area contributed by atoms with Gasteiger partial charge in [0.05, 0.1) is 5.69 Å². The Kier molecular flexibility index (Phi) is 6.11. The van der Waals surface area contributed by atoms with Gasteiger partial charge in [0.25, 0.3) is 0 Å². The van der Waals surface area contributed by atoms with Crippen LogP contribution >= 0.6 is 0 Å². The maximum absolute atomic E-state index is 13.6. The van der Waals surface area contributed by atoms with Gasteiger partial charge in [0, 0.05) is 24.5 Å². The first-order valence-corrected chi connectivity index (χ1v) is 8.32. The second-order valence-electron chi connectivity index (χ2n) is 5.82. The van der Waals surface area contributed by atoms with Gasteiger partial charge < -0.3 is 15.4 Å². The molecule has 2 aromatic carbocycles. The van der Waals surface area contributed by atoms with Crippen molar-refractivity contribution in [2.75, 3.05) is 5.32 Å². The molecule has 0 aliphatic carbocycles. The van der Waals surface area contributed by atoms with Crippen molar-refractivity contribution in [1.29, 1.82) is 0 Å². The highest BCUT2D eigenvalue weighted by molar-refractivity contribution is 5.89. The van der Waals surface area contributed by atoms with Crippen LogP contribution in [0.3, 0.4) is 0 Å². The van der Waals surface area contributed by atoms with Gasteiger partial charge in [-0.25, -0.2) is 18.0 Å². The number of hydrogen-bond acceptors (Lipinski definition) is 3. The predicted octanol–water partition coefficient (Wildman–Crippen LogP) is 4.40. The average molecular weight is 387 g/mol. The molecule has 0 fully saturated rings. The van der Waals surface area contributed by atoms with Crippen molar-refractivity contribution in [3.63, 3.8) is 0 Å². The van der Waals surface area contributed by atoms with E-state index in [4.69, 9.17) is 4.74 Å². The van der Waals surface area contributed by atoms with Crippen LogP contribution in [-0.4, -0.2) is 11.0 Å². The topological polar surface area (TPSA) is 63.2 Å². The summed E-state index contributed by atoms with van der Waals surface area (Å²) in [5, 5.41) is 4.64. The predicted molar refractivity (Wildman–Crippen MR) is 97.2 cm³/mol. The molecule has 144 valence electrons. The summed E-state index contributed by atoms with van der Waals surface area (Å²) >= 11 is 0. The van der Waals surface area contributed by atoms with Crippen molar-refractivity contribution in [2.24, 2.45) is 0 Å². The lowest BCUT2D eigenvalue weighted by Gasteiger charge is -2.10. The minimum absolute atomic E-state index is 0.153. The van der Waals surface area contributed by atoms with E-state index in [0.29, 0.717) is 12.4 Å². The average Bonchev–Trinajstić information content (AvgIpc) is 2.73. The molecule has 8 heteroatoms. The summed E-state index contributed by atoms with van der Waals surface area (Å²) in [6.45, 7) is 0.535. The number of hydrogen-bond donors (Lipinski definition) is 2. The van der Waals surface area contributed by atoms with E-state index in [2.05, 4.69) is 15.6 Å². The number of carbonyl (C=O) groups excluding carboxylic acids is 1. The van der Waals surface area contributed by atoms with E-state index in [1.165, 1.54) is 0 Å². The molecule has 0 aliphatic rings. The van der Waals surface area contributed by atoms with Crippen LogP contribution in [0.4, 0.5) is 23.7 Å². The summed E-state index contributed by atoms with van der Waals surface area (Å²) in [5.74, 6) is -3.76. The number of pyridine rings is 1. The SMILES string of the molecule is O=C(NCc1ccc(OCc2cccnc2)cc1)Nc1ccc(F)c(F)c1F. The molecule has 2 N–H and O–H groups in total. The molecule has 3 aromatic rings. The molecule has 1 heterocycles. The number of halogens is 3. The van der Waals surface area contributed by atoms with Gasteiger partial charge in [-0.05, 0) is 35.9 Å². The van der Waals surface area contributed by atoms with Crippen LogP contribution < -0.4 is 15.4 Å². The van der Waals surface area contributed by atoms with Gasteiger partial charge in [-0.1, -0.05) is 18.2 Å². The number of benzene rings is 2. The molecule has 0 saturated carbocycles. The zero-order chi connectivity index (χ0) is 19.9. The minimum atomic E-state index is -1.64. The Morgan fingerprint density at radius 3 is 2.46 bits per heavy atom. The number of aromatic nitrogens is 1. The Labute approximate surface area is 159 Å². The number of anilines is 1. The van der Waals surface area contributed by atoms with Gasteiger partial charge in [-0.15, -0.1) is 0 Å². The second kappa shape index (κ2) is 8.90. The number of rotatable bonds is 6. The van der Waals surface area contributed by atoms with Gasteiger partial charge in [0.2, 0.25) is 0 Å². The van der Waals surface area contributed by atoms with Crippen LogP contribution in [0.15, 0.2) is 60.9 Å². The third kappa shape index (κ3) is 5.00. The van der Waals surface area contributed by atoms with Crippen molar-refractivity contribution >= 4 is 11.7 Å². The summed E-state index contributed by atoms with van der Waals surface area (Å²) in [6.07, 6.45) is 3.40. The second-order valence-corrected chi connectivity index (χ2v) is 5.82. The third-order valence-electron chi connectivity index (χ3n) is 3.79. The third-order valence-corrected chi connectivity index (χ3v) is 3.79.